The van der Waals surface area contributed by atoms with E-state index in [0.29, 0.717) is 43.0 Å². The minimum absolute atomic E-state index is 0.264. The molecule has 0 radical (unpaired) electrons. The molecule has 4 rings (SSSR count). The van der Waals surface area contributed by atoms with Crippen LogP contribution in [0.3, 0.4) is 0 Å². The average Bonchev–Trinajstić information content (AvgIpc) is 3.86. The van der Waals surface area contributed by atoms with Gasteiger partial charge >= 0.3 is 11.9 Å². The zero-order valence-corrected chi connectivity index (χ0v) is 25.6. The number of rotatable bonds is 19. The number of benzene rings is 3. The summed E-state index contributed by atoms with van der Waals surface area (Å²) in [6, 6.07) is 22.3. The zero-order chi connectivity index (χ0) is 31.1. The van der Waals surface area contributed by atoms with Crippen LogP contribution in [0, 0.1) is 5.92 Å². The summed E-state index contributed by atoms with van der Waals surface area (Å²) in [7, 11) is 0. The highest BCUT2D eigenvalue weighted by atomic mass is 16.5. The summed E-state index contributed by atoms with van der Waals surface area (Å²) < 4.78 is 11.5. The molecule has 1 aliphatic rings. The lowest BCUT2D eigenvalue weighted by Gasteiger charge is -2.23. The maximum atomic E-state index is 12.7. The van der Waals surface area contributed by atoms with Crippen molar-refractivity contribution in [1.82, 2.24) is 4.90 Å². The van der Waals surface area contributed by atoms with Crippen molar-refractivity contribution in [1.29, 1.82) is 0 Å². The molecule has 1 saturated carbocycles. The monoisotopic (exact) mass is 600 g/mol. The van der Waals surface area contributed by atoms with Gasteiger partial charge in [0, 0.05) is 19.5 Å². The fraction of sp³-hybridized carbons (Fsp3) is 0.417. The van der Waals surface area contributed by atoms with Gasteiger partial charge in [0.05, 0.1) is 17.9 Å². The van der Waals surface area contributed by atoms with Crippen molar-refractivity contribution in [2.24, 2.45) is 5.92 Å². The van der Waals surface area contributed by atoms with Gasteiger partial charge in [-0.1, -0.05) is 62.2 Å². The van der Waals surface area contributed by atoms with Gasteiger partial charge in [-0.05, 0) is 86.4 Å². The summed E-state index contributed by atoms with van der Waals surface area (Å²) in [6.07, 6.45) is 7.90. The van der Waals surface area contributed by atoms with E-state index in [1.165, 1.54) is 12.8 Å². The molecule has 0 aromatic heterocycles. The molecule has 44 heavy (non-hydrogen) atoms. The third-order valence-electron chi connectivity index (χ3n) is 7.74. The molecule has 1 amide bonds. The van der Waals surface area contributed by atoms with Gasteiger partial charge in [0.25, 0.3) is 0 Å². The van der Waals surface area contributed by atoms with Crippen LogP contribution in [-0.2, 0) is 16.0 Å². The zero-order valence-electron chi connectivity index (χ0n) is 25.6. The van der Waals surface area contributed by atoms with E-state index in [0.717, 1.165) is 50.1 Å². The standard InChI is InChI=1S/C36H44N2O6/c1-2-3-5-15-34(39)38(26-28-16-17-28)24-10-25-43-30-21-18-27(19-22-30)20-23-32(35(40)41)37-31-13-8-9-14-33(31)44-36(42)29-11-6-4-7-12-29/h4,6-9,11-14,18-19,21-22,28,32,37H,2-3,5,10,15-17,20,23-26H2,1H3,(H,40,41). The number of hydrogen-bond acceptors (Lipinski definition) is 6. The molecule has 0 bridgehead atoms. The van der Waals surface area contributed by atoms with Gasteiger partial charge in [-0.15, -0.1) is 0 Å². The van der Waals surface area contributed by atoms with Crippen molar-refractivity contribution < 1.29 is 29.0 Å². The van der Waals surface area contributed by atoms with Crippen LogP contribution in [0.4, 0.5) is 5.69 Å². The Hall–Kier alpha value is -4.33. The lowest BCUT2D eigenvalue weighted by atomic mass is 10.0. The Labute approximate surface area is 260 Å². The van der Waals surface area contributed by atoms with Gasteiger partial charge in [0.15, 0.2) is 5.75 Å². The minimum Gasteiger partial charge on any atom is -0.494 e. The number of esters is 1. The number of para-hydroxylation sites is 2. The molecule has 0 saturated heterocycles. The van der Waals surface area contributed by atoms with E-state index in [9.17, 15) is 19.5 Å². The van der Waals surface area contributed by atoms with Crippen molar-refractivity contribution >= 4 is 23.5 Å². The topological polar surface area (TPSA) is 105 Å². The lowest BCUT2D eigenvalue weighted by molar-refractivity contribution is -0.138. The van der Waals surface area contributed by atoms with Crippen molar-refractivity contribution in [2.75, 3.05) is 25.0 Å². The van der Waals surface area contributed by atoms with E-state index in [2.05, 4.69) is 12.2 Å². The molecule has 3 aromatic carbocycles. The number of carbonyl (C=O) groups excluding carboxylic acids is 2. The molecule has 0 heterocycles. The number of carboxylic acid groups (broad SMARTS) is 1. The van der Waals surface area contributed by atoms with E-state index < -0.39 is 18.0 Å². The third kappa shape index (κ3) is 10.7. The Morgan fingerprint density at radius 1 is 0.932 bits per heavy atom. The van der Waals surface area contributed by atoms with Crippen LogP contribution in [0.25, 0.3) is 0 Å². The Bertz CT molecular complexity index is 1340. The van der Waals surface area contributed by atoms with Gasteiger partial charge < -0.3 is 24.8 Å². The number of ether oxygens (including phenoxy) is 2. The molecule has 8 nitrogen and oxygen atoms in total. The van der Waals surface area contributed by atoms with Gasteiger partial charge in [0.2, 0.25) is 5.91 Å². The number of nitrogens with one attached hydrogen (secondary N) is 1. The number of amides is 1. The summed E-state index contributed by atoms with van der Waals surface area (Å²) in [5.74, 6) is 0.445. The Kier molecular flexibility index (Phi) is 12.7. The molecule has 1 aliphatic carbocycles. The van der Waals surface area contributed by atoms with Crippen LogP contribution in [0.1, 0.15) is 74.2 Å². The molecule has 1 fully saturated rings. The fourth-order valence-electron chi connectivity index (χ4n) is 4.98. The van der Waals surface area contributed by atoms with Crippen LogP contribution in [0.2, 0.25) is 0 Å². The molecule has 0 aliphatic heterocycles. The van der Waals surface area contributed by atoms with Gasteiger partial charge in [0.1, 0.15) is 11.8 Å². The second-order valence-electron chi connectivity index (χ2n) is 11.4. The number of unbranched alkanes of at least 4 members (excludes halogenated alkanes) is 2. The number of carboxylic acids is 1. The number of aliphatic carboxylic acids is 1. The first-order chi connectivity index (χ1) is 21.4. The van der Waals surface area contributed by atoms with Crippen LogP contribution in [0.5, 0.6) is 11.5 Å². The molecular weight excluding hydrogens is 556 g/mol. The van der Waals surface area contributed by atoms with Gasteiger partial charge in [-0.2, -0.15) is 0 Å². The highest BCUT2D eigenvalue weighted by Gasteiger charge is 2.26. The third-order valence-corrected chi connectivity index (χ3v) is 7.74. The largest absolute Gasteiger partial charge is 0.494 e. The lowest BCUT2D eigenvalue weighted by Crippen LogP contribution is -2.34. The maximum Gasteiger partial charge on any atom is 0.343 e. The average molecular weight is 601 g/mol. The number of hydrogen-bond donors (Lipinski definition) is 2. The first-order valence-corrected chi connectivity index (χ1v) is 15.8. The van der Waals surface area contributed by atoms with Crippen molar-refractivity contribution in [3.05, 3.63) is 90.0 Å². The molecule has 2 N–H and O–H groups in total. The predicted octanol–water partition coefficient (Wildman–Crippen LogP) is 6.99. The first-order valence-electron chi connectivity index (χ1n) is 15.8. The molecule has 8 heteroatoms. The van der Waals surface area contributed by atoms with Crippen molar-refractivity contribution in [2.45, 2.75) is 70.8 Å². The summed E-state index contributed by atoms with van der Waals surface area (Å²) in [4.78, 5) is 39.3. The summed E-state index contributed by atoms with van der Waals surface area (Å²) in [5.41, 5.74) is 1.83. The van der Waals surface area contributed by atoms with E-state index in [-0.39, 0.29) is 11.7 Å². The molecule has 3 aromatic rings. The maximum absolute atomic E-state index is 12.7. The Morgan fingerprint density at radius 3 is 2.36 bits per heavy atom. The number of aryl methyl sites for hydroxylation is 1. The van der Waals surface area contributed by atoms with Crippen molar-refractivity contribution in [3.63, 3.8) is 0 Å². The second-order valence-corrected chi connectivity index (χ2v) is 11.4. The van der Waals surface area contributed by atoms with Gasteiger partial charge in [-0.3, -0.25) is 4.79 Å². The summed E-state index contributed by atoms with van der Waals surface area (Å²) in [5, 5.41) is 12.9. The van der Waals surface area contributed by atoms with Crippen LogP contribution in [0.15, 0.2) is 78.9 Å². The fourth-order valence-corrected chi connectivity index (χ4v) is 4.98. The number of carbonyl (C=O) groups is 3. The van der Waals surface area contributed by atoms with E-state index in [1.807, 2.05) is 35.2 Å². The summed E-state index contributed by atoms with van der Waals surface area (Å²) >= 11 is 0. The van der Waals surface area contributed by atoms with E-state index >= 15 is 0 Å². The van der Waals surface area contributed by atoms with Crippen molar-refractivity contribution in [3.8, 4) is 11.5 Å². The van der Waals surface area contributed by atoms with Crippen LogP contribution < -0.4 is 14.8 Å². The van der Waals surface area contributed by atoms with E-state index in [4.69, 9.17) is 9.47 Å². The second kappa shape index (κ2) is 17.1. The first kappa shape index (κ1) is 32.6. The molecule has 0 spiro atoms. The highest BCUT2D eigenvalue weighted by Crippen LogP contribution is 2.30. The highest BCUT2D eigenvalue weighted by molar-refractivity contribution is 5.92. The quantitative estimate of drug-likeness (QED) is 0.0868. The summed E-state index contributed by atoms with van der Waals surface area (Å²) in [6.45, 7) is 4.27. The molecule has 234 valence electrons. The van der Waals surface area contributed by atoms with Crippen LogP contribution >= 0.6 is 0 Å². The Balaban J connectivity index is 1.23. The number of anilines is 1. The normalized spacial score (nSPS) is 13.1. The Morgan fingerprint density at radius 2 is 1.66 bits per heavy atom. The SMILES string of the molecule is CCCCCC(=O)N(CCCOc1ccc(CCC(Nc2ccccc2OC(=O)c2ccccc2)C(=O)O)cc1)CC1CC1. The predicted molar refractivity (Wildman–Crippen MR) is 171 cm³/mol. The van der Waals surface area contributed by atoms with E-state index in [1.54, 1.807) is 48.5 Å². The van der Waals surface area contributed by atoms with Crippen LogP contribution in [-0.4, -0.2) is 53.6 Å². The smallest absolute Gasteiger partial charge is 0.343 e. The van der Waals surface area contributed by atoms with Gasteiger partial charge in [-0.25, -0.2) is 9.59 Å². The molecule has 1 unspecified atom stereocenters. The minimum atomic E-state index is -0.992. The number of nitrogens with zero attached hydrogens (tertiary/aromatic N) is 1. The molecule has 1 atom stereocenters. The molecular formula is C36H44N2O6.